The maximum Gasteiger partial charge on any atom is 0.247 e. The molecule has 0 radical (unpaired) electrons. The molecule has 0 fully saturated rings. The van der Waals surface area contributed by atoms with Gasteiger partial charge in [-0.3, -0.25) is 9.48 Å². The number of aryl methyl sites for hydroxylation is 2. The molecule has 1 rings (SSSR count). The third-order valence-electron chi connectivity index (χ3n) is 1.46. The van der Waals surface area contributed by atoms with Crippen molar-refractivity contribution >= 4 is 11.6 Å². The second kappa shape index (κ2) is 3.21. The van der Waals surface area contributed by atoms with Crippen molar-refractivity contribution in [1.29, 1.82) is 0 Å². The van der Waals surface area contributed by atoms with Crippen LogP contribution in [0.25, 0.3) is 0 Å². The van der Waals surface area contributed by atoms with Gasteiger partial charge in [0.25, 0.3) is 0 Å². The summed E-state index contributed by atoms with van der Waals surface area (Å²) in [5, 5.41) is 6.71. The topological polar surface area (TPSA) is 46.9 Å². The fourth-order valence-electron chi connectivity index (χ4n) is 0.906. The Morgan fingerprint density at radius 1 is 1.83 bits per heavy atom. The number of carbonyl (C=O) groups excluding carboxylic acids is 1. The van der Waals surface area contributed by atoms with Gasteiger partial charge in [-0.25, -0.2) is 0 Å². The summed E-state index contributed by atoms with van der Waals surface area (Å²) in [7, 11) is 1.80. The first kappa shape index (κ1) is 8.52. The van der Waals surface area contributed by atoms with Gasteiger partial charge in [0, 0.05) is 13.2 Å². The lowest BCUT2D eigenvalue weighted by Crippen LogP contribution is -2.07. The van der Waals surface area contributed by atoms with Crippen molar-refractivity contribution in [2.45, 2.75) is 6.92 Å². The van der Waals surface area contributed by atoms with Crippen LogP contribution in [0.3, 0.4) is 0 Å². The summed E-state index contributed by atoms with van der Waals surface area (Å²) in [5.74, 6) is -0.217. The first-order chi connectivity index (χ1) is 5.63. The zero-order chi connectivity index (χ0) is 9.14. The Kier molecular flexibility index (Phi) is 2.28. The van der Waals surface area contributed by atoms with E-state index in [9.17, 15) is 4.79 Å². The lowest BCUT2D eigenvalue weighted by Gasteiger charge is -1.96. The van der Waals surface area contributed by atoms with E-state index in [0.717, 1.165) is 11.4 Å². The van der Waals surface area contributed by atoms with Gasteiger partial charge >= 0.3 is 0 Å². The number of hydrogen-bond acceptors (Lipinski definition) is 2. The fourth-order valence-corrected chi connectivity index (χ4v) is 0.906. The molecule has 0 bridgehead atoms. The normalized spacial score (nSPS) is 9.50. The van der Waals surface area contributed by atoms with E-state index in [2.05, 4.69) is 17.0 Å². The highest BCUT2D eigenvalue weighted by Gasteiger charge is 2.03. The van der Waals surface area contributed by atoms with Crippen molar-refractivity contribution < 1.29 is 4.79 Å². The van der Waals surface area contributed by atoms with Crippen LogP contribution in [0.4, 0.5) is 5.69 Å². The molecule has 0 aliphatic heterocycles. The van der Waals surface area contributed by atoms with Crippen LogP contribution in [0.15, 0.2) is 18.9 Å². The summed E-state index contributed by atoms with van der Waals surface area (Å²) in [4.78, 5) is 10.9. The third kappa shape index (κ3) is 1.72. The SMILES string of the molecule is C=CC(=O)Nc1cn(C)nc1C. The largest absolute Gasteiger partial charge is 0.320 e. The molecule has 1 N–H and O–H groups in total. The minimum atomic E-state index is -0.217. The van der Waals surface area contributed by atoms with Crippen LogP contribution in [0.2, 0.25) is 0 Å². The van der Waals surface area contributed by atoms with E-state index >= 15 is 0 Å². The number of aromatic nitrogens is 2. The van der Waals surface area contributed by atoms with E-state index < -0.39 is 0 Å². The van der Waals surface area contributed by atoms with Gasteiger partial charge in [-0.2, -0.15) is 5.10 Å². The standard InChI is InChI=1S/C8H11N3O/c1-4-8(12)9-7-5-11(3)10-6(7)2/h4-5H,1H2,2-3H3,(H,9,12). The summed E-state index contributed by atoms with van der Waals surface area (Å²) in [6.07, 6.45) is 2.98. The number of nitrogens with one attached hydrogen (secondary N) is 1. The smallest absolute Gasteiger partial charge is 0.247 e. The van der Waals surface area contributed by atoms with Gasteiger partial charge in [0.15, 0.2) is 0 Å². The van der Waals surface area contributed by atoms with E-state index in [1.165, 1.54) is 6.08 Å². The van der Waals surface area contributed by atoms with E-state index in [4.69, 9.17) is 0 Å². The second-order valence-corrected chi connectivity index (χ2v) is 2.50. The van der Waals surface area contributed by atoms with Crippen LogP contribution < -0.4 is 5.32 Å². The van der Waals surface area contributed by atoms with Crippen LogP contribution in [0.1, 0.15) is 5.69 Å². The first-order valence-electron chi connectivity index (χ1n) is 3.57. The molecule has 0 aliphatic carbocycles. The number of carbonyl (C=O) groups is 1. The van der Waals surface area contributed by atoms with Gasteiger partial charge in [-0.1, -0.05) is 6.58 Å². The molecule has 1 aromatic heterocycles. The van der Waals surface area contributed by atoms with Crippen LogP contribution in [0.5, 0.6) is 0 Å². The molecule has 4 nitrogen and oxygen atoms in total. The average Bonchev–Trinajstić information content (AvgIpc) is 2.30. The van der Waals surface area contributed by atoms with Gasteiger partial charge in [-0.15, -0.1) is 0 Å². The second-order valence-electron chi connectivity index (χ2n) is 2.50. The molecule has 0 spiro atoms. The maximum absolute atomic E-state index is 10.9. The summed E-state index contributed by atoms with van der Waals surface area (Å²) in [6, 6.07) is 0. The molecular weight excluding hydrogens is 154 g/mol. The number of amides is 1. The van der Waals surface area contributed by atoms with E-state index in [-0.39, 0.29) is 5.91 Å². The van der Waals surface area contributed by atoms with E-state index in [1.807, 2.05) is 6.92 Å². The van der Waals surface area contributed by atoms with Crippen LogP contribution >= 0.6 is 0 Å². The molecule has 0 aliphatic rings. The van der Waals surface area contributed by atoms with Gasteiger partial charge in [0.2, 0.25) is 5.91 Å². The zero-order valence-corrected chi connectivity index (χ0v) is 7.16. The van der Waals surface area contributed by atoms with Crippen molar-refractivity contribution in [3.8, 4) is 0 Å². The monoisotopic (exact) mass is 165 g/mol. The van der Waals surface area contributed by atoms with Crippen molar-refractivity contribution in [3.63, 3.8) is 0 Å². The summed E-state index contributed by atoms with van der Waals surface area (Å²) < 4.78 is 1.65. The summed E-state index contributed by atoms with van der Waals surface area (Å²) in [6.45, 7) is 5.19. The van der Waals surface area contributed by atoms with Gasteiger partial charge < -0.3 is 5.32 Å². The fraction of sp³-hybridized carbons (Fsp3) is 0.250. The van der Waals surface area contributed by atoms with Crippen molar-refractivity contribution in [1.82, 2.24) is 9.78 Å². The summed E-state index contributed by atoms with van der Waals surface area (Å²) in [5.41, 5.74) is 1.52. The highest BCUT2D eigenvalue weighted by atomic mass is 16.1. The molecule has 1 amide bonds. The Labute approximate surface area is 70.9 Å². The van der Waals surface area contributed by atoms with Crippen LogP contribution in [-0.4, -0.2) is 15.7 Å². The molecule has 0 atom stereocenters. The Hall–Kier alpha value is -1.58. The molecular formula is C8H11N3O. The quantitative estimate of drug-likeness (QED) is 0.660. The minimum absolute atomic E-state index is 0.217. The Balaban J connectivity index is 2.81. The molecule has 0 saturated heterocycles. The molecule has 12 heavy (non-hydrogen) atoms. The average molecular weight is 165 g/mol. The Bertz CT molecular complexity index is 314. The number of nitrogens with zero attached hydrogens (tertiary/aromatic N) is 2. The van der Waals surface area contributed by atoms with Crippen molar-refractivity contribution in [2.75, 3.05) is 5.32 Å². The van der Waals surface area contributed by atoms with Gasteiger partial charge in [-0.05, 0) is 13.0 Å². The van der Waals surface area contributed by atoms with Crippen LogP contribution in [-0.2, 0) is 11.8 Å². The molecule has 0 aromatic carbocycles. The van der Waals surface area contributed by atoms with E-state index in [1.54, 1.807) is 17.9 Å². The van der Waals surface area contributed by atoms with Gasteiger partial charge in [0.1, 0.15) is 0 Å². The van der Waals surface area contributed by atoms with E-state index in [0.29, 0.717) is 0 Å². The Morgan fingerprint density at radius 2 is 2.50 bits per heavy atom. The number of anilines is 1. The maximum atomic E-state index is 10.9. The predicted molar refractivity (Wildman–Crippen MR) is 46.8 cm³/mol. The third-order valence-corrected chi connectivity index (χ3v) is 1.46. The first-order valence-corrected chi connectivity index (χ1v) is 3.57. The molecule has 0 unspecified atom stereocenters. The minimum Gasteiger partial charge on any atom is -0.320 e. The van der Waals surface area contributed by atoms with Crippen molar-refractivity contribution in [3.05, 3.63) is 24.5 Å². The lowest BCUT2D eigenvalue weighted by atomic mass is 10.4. The zero-order valence-electron chi connectivity index (χ0n) is 7.16. The highest BCUT2D eigenvalue weighted by molar-refractivity contribution is 5.99. The highest BCUT2D eigenvalue weighted by Crippen LogP contribution is 2.10. The number of rotatable bonds is 2. The lowest BCUT2D eigenvalue weighted by molar-refractivity contribution is -0.111. The van der Waals surface area contributed by atoms with Gasteiger partial charge in [0.05, 0.1) is 11.4 Å². The Morgan fingerprint density at radius 3 is 2.92 bits per heavy atom. The molecule has 1 heterocycles. The summed E-state index contributed by atoms with van der Waals surface area (Å²) >= 11 is 0. The van der Waals surface area contributed by atoms with Crippen molar-refractivity contribution in [2.24, 2.45) is 7.05 Å². The molecule has 64 valence electrons. The molecule has 4 heteroatoms. The molecule has 1 aromatic rings. The predicted octanol–water partition coefficient (Wildman–Crippen LogP) is 0.853. The molecule has 0 saturated carbocycles. The number of hydrogen-bond donors (Lipinski definition) is 1. The van der Waals surface area contributed by atoms with Crippen LogP contribution in [0, 0.1) is 6.92 Å².